The lowest BCUT2D eigenvalue weighted by molar-refractivity contribution is 0.175. The molecule has 1 saturated heterocycles. The standard InChI is InChI=1S/C15H24FN7/c1-20(10-15-7-17-19-22(15)3)9-14-6-12(16)8-23(14)11-13-4-5-18-21(13)2/h4-5,7,12,14H,6,8-11H2,1-3H3/t12-,14-/m0/s1. The largest absolute Gasteiger partial charge is 0.299 e. The number of likely N-dealkylation sites (N-methyl/N-ethyl adjacent to an activating group) is 1. The van der Waals surface area contributed by atoms with Gasteiger partial charge in [-0.15, -0.1) is 5.10 Å². The van der Waals surface area contributed by atoms with Crippen molar-refractivity contribution in [2.45, 2.75) is 31.7 Å². The number of aryl methyl sites for hydroxylation is 2. The van der Waals surface area contributed by atoms with Crippen molar-refractivity contribution in [1.82, 2.24) is 34.6 Å². The normalized spacial score (nSPS) is 22.3. The molecular weight excluding hydrogens is 297 g/mol. The molecule has 1 aliphatic heterocycles. The smallest absolute Gasteiger partial charge is 0.114 e. The van der Waals surface area contributed by atoms with E-state index in [0.29, 0.717) is 13.0 Å². The molecule has 0 N–H and O–H groups in total. The lowest BCUT2D eigenvalue weighted by atomic mass is 10.2. The van der Waals surface area contributed by atoms with Crippen LogP contribution in [0, 0.1) is 0 Å². The minimum absolute atomic E-state index is 0.214. The summed E-state index contributed by atoms with van der Waals surface area (Å²) in [5, 5.41) is 12.0. The summed E-state index contributed by atoms with van der Waals surface area (Å²) in [6.07, 6.45) is 3.40. The van der Waals surface area contributed by atoms with E-state index in [1.165, 1.54) is 0 Å². The van der Waals surface area contributed by atoms with Gasteiger partial charge in [0.25, 0.3) is 0 Å². The average Bonchev–Trinajstić information content (AvgIpc) is 3.16. The van der Waals surface area contributed by atoms with Gasteiger partial charge in [0.05, 0.1) is 17.6 Å². The van der Waals surface area contributed by atoms with Crippen LogP contribution in [0.5, 0.6) is 0 Å². The van der Waals surface area contributed by atoms with Crippen LogP contribution in [0.3, 0.4) is 0 Å². The summed E-state index contributed by atoms with van der Waals surface area (Å²) in [7, 11) is 5.87. The molecule has 2 atom stereocenters. The Morgan fingerprint density at radius 1 is 1.30 bits per heavy atom. The highest BCUT2D eigenvalue weighted by molar-refractivity contribution is 5.02. The predicted octanol–water partition coefficient (Wildman–Crippen LogP) is 0.593. The topological polar surface area (TPSA) is 55.0 Å². The molecule has 0 radical (unpaired) electrons. The maximum Gasteiger partial charge on any atom is 0.114 e. The third-order valence-corrected chi connectivity index (χ3v) is 4.53. The molecule has 1 fully saturated rings. The van der Waals surface area contributed by atoms with Crippen LogP contribution >= 0.6 is 0 Å². The molecular formula is C15H24FN7. The molecule has 23 heavy (non-hydrogen) atoms. The number of nitrogens with zero attached hydrogens (tertiary/aromatic N) is 7. The Morgan fingerprint density at radius 3 is 2.78 bits per heavy atom. The molecule has 3 heterocycles. The monoisotopic (exact) mass is 321 g/mol. The minimum atomic E-state index is -0.750. The fourth-order valence-electron chi connectivity index (χ4n) is 3.23. The van der Waals surface area contributed by atoms with Gasteiger partial charge in [-0.1, -0.05) is 5.21 Å². The Bertz CT molecular complexity index is 637. The van der Waals surface area contributed by atoms with Crippen molar-refractivity contribution in [3.8, 4) is 0 Å². The number of hydrogen-bond donors (Lipinski definition) is 0. The van der Waals surface area contributed by atoms with Crippen molar-refractivity contribution < 1.29 is 4.39 Å². The molecule has 0 bridgehead atoms. The van der Waals surface area contributed by atoms with Crippen molar-refractivity contribution in [2.75, 3.05) is 20.1 Å². The fourth-order valence-corrected chi connectivity index (χ4v) is 3.23. The molecule has 0 amide bonds. The second kappa shape index (κ2) is 6.76. The van der Waals surface area contributed by atoms with E-state index in [9.17, 15) is 4.39 Å². The molecule has 2 aromatic rings. The number of aromatic nitrogens is 5. The summed E-state index contributed by atoms with van der Waals surface area (Å²) in [5.41, 5.74) is 2.17. The molecule has 0 unspecified atom stereocenters. The molecule has 7 nitrogen and oxygen atoms in total. The van der Waals surface area contributed by atoms with E-state index in [0.717, 1.165) is 31.0 Å². The van der Waals surface area contributed by atoms with Gasteiger partial charge in [-0.3, -0.25) is 19.2 Å². The lowest BCUT2D eigenvalue weighted by Gasteiger charge is -2.28. The molecule has 2 aromatic heterocycles. The Balaban J connectivity index is 1.60. The SMILES string of the molecule is CN(Cc1cnnn1C)C[C@@H]1C[C@H](F)CN1Cc1ccnn1C. The number of likely N-dealkylation sites (tertiary alicyclic amines) is 1. The molecule has 0 aliphatic carbocycles. The lowest BCUT2D eigenvalue weighted by Crippen LogP contribution is -2.38. The maximum absolute atomic E-state index is 13.9. The summed E-state index contributed by atoms with van der Waals surface area (Å²) in [6.45, 7) is 2.82. The summed E-state index contributed by atoms with van der Waals surface area (Å²) >= 11 is 0. The molecule has 0 aromatic carbocycles. The van der Waals surface area contributed by atoms with Gasteiger partial charge in [0.15, 0.2) is 0 Å². The van der Waals surface area contributed by atoms with Crippen LogP contribution in [0.2, 0.25) is 0 Å². The molecule has 3 rings (SSSR count). The van der Waals surface area contributed by atoms with Gasteiger partial charge in [-0.05, 0) is 19.5 Å². The van der Waals surface area contributed by atoms with Crippen molar-refractivity contribution >= 4 is 0 Å². The van der Waals surface area contributed by atoms with Crippen LogP contribution in [-0.2, 0) is 27.2 Å². The molecule has 126 valence electrons. The third-order valence-electron chi connectivity index (χ3n) is 4.53. The van der Waals surface area contributed by atoms with Crippen molar-refractivity contribution in [3.63, 3.8) is 0 Å². The maximum atomic E-state index is 13.9. The third kappa shape index (κ3) is 3.76. The van der Waals surface area contributed by atoms with E-state index in [1.807, 2.05) is 24.8 Å². The van der Waals surface area contributed by atoms with Crippen molar-refractivity contribution in [2.24, 2.45) is 14.1 Å². The van der Waals surface area contributed by atoms with Gasteiger partial charge in [0.1, 0.15) is 6.17 Å². The first kappa shape index (κ1) is 16.1. The number of rotatable bonds is 6. The summed E-state index contributed by atoms with van der Waals surface area (Å²) in [4.78, 5) is 4.43. The molecule has 8 heteroatoms. The number of hydrogen-bond acceptors (Lipinski definition) is 5. The minimum Gasteiger partial charge on any atom is -0.299 e. The Morgan fingerprint density at radius 2 is 2.13 bits per heavy atom. The Hall–Kier alpha value is -1.80. The summed E-state index contributed by atoms with van der Waals surface area (Å²) in [6, 6.07) is 2.21. The van der Waals surface area contributed by atoms with Crippen LogP contribution in [0.15, 0.2) is 18.5 Å². The van der Waals surface area contributed by atoms with Crippen LogP contribution < -0.4 is 0 Å². The van der Waals surface area contributed by atoms with Gasteiger partial charge in [0.2, 0.25) is 0 Å². The van der Waals surface area contributed by atoms with Gasteiger partial charge in [0, 0.05) is 52.5 Å². The first-order valence-corrected chi connectivity index (χ1v) is 7.90. The van der Waals surface area contributed by atoms with Crippen LogP contribution in [0.1, 0.15) is 17.8 Å². The van der Waals surface area contributed by atoms with E-state index < -0.39 is 6.17 Å². The summed E-state index contributed by atoms with van der Waals surface area (Å²) < 4.78 is 17.6. The molecule has 0 saturated carbocycles. The second-order valence-corrected chi connectivity index (χ2v) is 6.41. The zero-order chi connectivity index (χ0) is 16.4. The second-order valence-electron chi connectivity index (χ2n) is 6.41. The fraction of sp³-hybridized carbons (Fsp3) is 0.667. The predicted molar refractivity (Wildman–Crippen MR) is 84.3 cm³/mol. The van der Waals surface area contributed by atoms with Crippen molar-refractivity contribution in [1.29, 1.82) is 0 Å². The molecule has 1 aliphatic rings. The van der Waals surface area contributed by atoms with E-state index in [4.69, 9.17) is 0 Å². The first-order chi connectivity index (χ1) is 11.0. The zero-order valence-electron chi connectivity index (χ0n) is 13.9. The number of halogens is 1. The summed E-state index contributed by atoms with van der Waals surface area (Å²) in [5.74, 6) is 0. The van der Waals surface area contributed by atoms with Gasteiger partial charge in [-0.2, -0.15) is 5.10 Å². The van der Waals surface area contributed by atoms with Crippen LogP contribution in [-0.4, -0.2) is 66.9 Å². The Labute approximate surface area is 135 Å². The van der Waals surface area contributed by atoms with Crippen molar-refractivity contribution in [3.05, 3.63) is 29.8 Å². The Kier molecular flexibility index (Phi) is 4.72. The highest BCUT2D eigenvalue weighted by Gasteiger charge is 2.33. The van der Waals surface area contributed by atoms with E-state index in [2.05, 4.69) is 32.3 Å². The van der Waals surface area contributed by atoms with Gasteiger partial charge < -0.3 is 0 Å². The van der Waals surface area contributed by atoms with Gasteiger partial charge in [-0.25, -0.2) is 4.39 Å². The quantitative estimate of drug-likeness (QED) is 0.780. The average molecular weight is 321 g/mol. The highest BCUT2D eigenvalue weighted by Crippen LogP contribution is 2.23. The van der Waals surface area contributed by atoms with E-state index in [1.54, 1.807) is 17.1 Å². The van der Waals surface area contributed by atoms with Gasteiger partial charge >= 0.3 is 0 Å². The molecule has 0 spiro atoms. The first-order valence-electron chi connectivity index (χ1n) is 7.90. The van der Waals surface area contributed by atoms with E-state index in [-0.39, 0.29) is 6.04 Å². The van der Waals surface area contributed by atoms with E-state index >= 15 is 0 Å². The van der Waals surface area contributed by atoms with Crippen LogP contribution in [0.4, 0.5) is 4.39 Å². The zero-order valence-corrected chi connectivity index (χ0v) is 13.9. The number of alkyl halides is 1. The highest BCUT2D eigenvalue weighted by atomic mass is 19.1. The van der Waals surface area contributed by atoms with Crippen LogP contribution in [0.25, 0.3) is 0 Å².